The van der Waals surface area contributed by atoms with E-state index in [0.717, 1.165) is 11.3 Å². The number of carbonyl (C=O) groups excluding carboxylic acids is 1. The average Bonchev–Trinajstić information content (AvgIpc) is 2.58. The standard InChI is InChI=1S/C19H24N2O4/c1-19(2,3)25-18(23)21(17-11-15(13-22)9-10-20-17)12-14-5-7-16(24-4)8-6-14/h5-11,22H,12-13H2,1-4H3. The molecule has 0 aliphatic heterocycles. The Morgan fingerprint density at radius 2 is 1.84 bits per heavy atom. The van der Waals surface area contributed by atoms with Crippen LogP contribution in [0.2, 0.25) is 0 Å². The van der Waals surface area contributed by atoms with E-state index in [0.29, 0.717) is 17.9 Å². The van der Waals surface area contributed by atoms with Gasteiger partial charge in [-0.25, -0.2) is 9.78 Å². The number of carbonyl (C=O) groups is 1. The van der Waals surface area contributed by atoms with Gasteiger partial charge in [-0.05, 0) is 56.2 Å². The Balaban J connectivity index is 2.31. The average molecular weight is 344 g/mol. The predicted molar refractivity (Wildman–Crippen MR) is 95.6 cm³/mol. The zero-order valence-electron chi connectivity index (χ0n) is 15.0. The molecule has 1 heterocycles. The number of aromatic nitrogens is 1. The second kappa shape index (κ2) is 7.98. The Kier molecular flexibility index (Phi) is 5.98. The lowest BCUT2D eigenvalue weighted by atomic mass is 10.2. The van der Waals surface area contributed by atoms with Gasteiger partial charge in [0.25, 0.3) is 0 Å². The number of hydrogen-bond donors (Lipinski definition) is 1. The third-order valence-electron chi connectivity index (χ3n) is 3.38. The summed E-state index contributed by atoms with van der Waals surface area (Å²) in [7, 11) is 1.60. The summed E-state index contributed by atoms with van der Waals surface area (Å²) in [6, 6.07) is 10.8. The van der Waals surface area contributed by atoms with E-state index in [4.69, 9.17) is 9.47 Å². The second-order valence-electron chi connectivity index (χ2n) is 6.59. The number of anilines is 1. The van der Waals surface area contributed by atoms with Crippen LogP contribution in [0.15, 0.2) is 42.6 Å². The van der Waals surface area contributed by atoms with Gasteiger partial charge in [-0.2, -0.15) is 0 Å². The van der Waals surface area contributed by atoms with Crippen molar-refractivity contribution in [1.82, 2.24) is 4.98 Å². The molecule has 2 rings (SSSR count). The van der Waals surface area contributed by atoms with Crippen LogP contribution < -0.4 is 9.64 Å². The zero-order chi connectivity index (χ0) is 18.4. The summed E-state index contributed by atoms with van der Waals surface area (Å²) < 4.78 is 10.7. The predicted octanol–water partition coefficient (Wildman–Crippen LogP) is 3.52. The molecule has 0 atom stereocenters. The number of amides is 1. The second-order valence-corrected chi connectivity index (χ2v) is 6.59. The molecular weight excluding hydrogens is 320 g/mol. The summed E-state index contributed by atoms with van der Waals surface area (Å²) in [5.41, 5.74) is 0.959. The van der Waals surface area contributed by atoms with E-state index in [9.17, 15) is 9.90 Å². The maximum atomic E-state index is 12.7. The number of aliphatic hydroxyl groups is 1. The fourth-order valence-corrected chi connectivity index (χ4v) is 2.18. The Bertz CT molecular complexity index is 708. The molecule has 6 nitrogen and oxygen atoms in total. The van der Waals surface area contributed by atoms with Crippen LogP contribution in [0.5, 0.6) is 5.75 Å². The molecule has 2 aromatic rings. The van der Waals surface area contributed by atoms with E-state index >= 15 is 0 Å². The number of ether oxygens (including phenoxy) is 2. The Hall–Kier alpha value is -2.60. The van der Waals surface area contributed by atoms with Crippen LogP contribution in [-0.2, 0) is 17.9 Å². The first-order chi connectivity index (χ1) is 11.8. The normalized spacial score (nSPS) is 11.1. The molecule has 0 spiro atoms. The van der Waals surface area contributed by atoms with Gasteiger partial charge in [0.1, 0.15) is 17.2 Å². The van der Waals surface area contributed by atoms with Crippen molar-refractivity contribution in [3.63, 3.8) is 0 Å². The number of nitrogens with zero attached hydrogens (tertiary/aromatic N) is 2. The maximum Gasteiger partial charge on any atom is 0.416 e. The minimum atomic E-state index is -0.621. The van der Waals surface area contributed by atoms with Gasteiger partial charge in [-0.3, -0.25) is 4.90 Å². The van der Waals surface area contributed by atoms with E-state index in [1.54, 1.807) is 25.4 Å². The molecule has 0 saturated heterocycles. The molecule has 134 valence electrons. The van der Waals surface area contributed by atoms with Crippen molar-refractivity contribution in [2.24, 2.45) is 0 Å². The topological polar surface area (TPSA) is 71.9 Å². The maximum absolute atomic E-state index is 12.7. The van der Waals surface area contributed by atoms with Gasteiger partial charge < -0.3 is 14.6 Å². The smallest absolute Gasteiger partial charge is 0.416 e. The van der Waals surface area contributed by atoms with Crippen molar-refractivity contribution in [2.75, 3.05) is 12.0 Å². The van der Waals surface area contributed by atoms with Gasteiger partial charge in [0.05, 0.1) is 20.3 Å². The third kappa shape index (κ3) is 5.46. The summed E-state index contributed by atoms with van der Waals surface area (Å²) in [5, 5.41) is 9.34. The van der Waals surface area contributed by atoms with Crippen LogP contribution in [0.4, 0.5) is 10.6 Å². The molecule has 0 unspecified atom stereocenters. The van der Waals surface area contributed by atoms with Gasteiger partial charge >= 0.3 is 6.09 Å². The molecule has 1 amide bonds. The molecule has 0 aliphatic carbocycles. The highest BCUT2D eigenvalue weighted by Gasteiger charge is 2.24. The number of methoxy groups -OCH3 is 1. The van der Waals surface area contributed by atoms with Gasteiger partial charge in [-0.1, -0.05) is 12.1 Å². The minimum absolute atomic E-state index is 0.125. The number of benzene rings is 1. The Morgan fingerprint density at radius 1 is 1.16 bits per heavy atom. The summed E-state index contributed by atoms with van der Waals surface area (Å²) in [4.78, 5) is 18.4. The first kappa shape index (κ1) is 18.7. The SMILES string of the molecule is COc1ccc(CN(C(=O)OC(C)(C)C)c2cc(CO)ccn2)cc1. The van der Waals surface area contributed by atoms with Crippen LogP contribution >= 0.6 is 0 Å². The molecular formula is C19H24N2O4. The van der Waals surface area contributed by atoms with Crippen molar-refractivity contribution in [3.8, 4) is 5.75 Å². The molecule has 1 N–H and O–H groups in total. The lowest BCUT2D eigenvalue weighted by molar-refractivity contribution is 0.0576. The van der Waals surface area contributed by atoms with Crippen LogP contribution in [0, 0.1) is 0 Å². The van der Waals surface area contributed by atoms with Crippen LogP contribution in [0.25, 0.3) is 0 Å². The van der Waals surface area contributed by atoms with Gasteiger partial charge in [0.2, 0.25) is 0 Å². The first-order valence-corrected chi connectivity index (χ1v) is 8.01. The number of rotatable bonds is 5. The van der Waals surface area contributed by atoms with Crippen molar-refractivity contribution in [1.29, 1.82) is 0 Å². The van der Waals surface area contributed by atoms with E-state index in [2.05, 4.69) is 4.98 Å². The fraction of sp³-hybridized carbons (Fsp3) is 0.368. The molecule has 0 radical (unpaired) electrons. The quantitative estimate of drug-likeness (QED) is 0.898. The van der Waals surface area contributed by atoms with E-state index in [-0.39, 0.29) is 6.61 Å². The highest BCUT2D eigenvalue weighted by molar-refractivity contribution is 5.86. The van der Waals surface area contributed by atoms with Crippen LogP contribution in [0.3, 0.4) is 0 Å². The first-order valence-electron chi connectivity index (χ1n) is 8.01. The molecule has 0 aliphatic rings. The van der Waals surface area contributed by atoms with Crippen LogP contribution in [-0.4, -0.2) is 28.9 Å². The Labute approximate surface area is 148 Å². The molecule has 1 aromatic heterocycles. The fourth-order valence-electron chi connectivity index (χ4n) is 2.18. The van der Waals surface area contributed by atoms with E-state index in [1.165, 1.54) is 4.90 Å². The number of aliphatic hydroxyl groups excluding tert-OH is 1. The molecule has 1 aromatic carbocycles. The van der Waals surface area contributed by atoms with E-state index < -0.39 is 11.7 Å². The van der Waals surface area contributed by atoms with Gasteiger partial charge in [0, 0.05) is 6.20 Å². The largest absolute Gasteiger partial charge is 0.497 e. The molecule has 6 heteroatoms. The summed E-state index contributed by atoms with van der Waals surface area (Å²) in [6.07, 6.45) is 1.07. The highest BCUT2D eigenvalue weighted by atomic mass is 16.6. The lowest BCUT2D eigenvalue weighted by Crippen LogP contribution is -2.37. The van der Waals surface area contributed by atoms with Gasteiger partial charge in [0.15, 0.2) is 0 Å². The molecule has 25 heavy (non-hydrogen) atoms. The summed E-state index contributed by atoms with van der Waals surface area (Å²) >= 11 is 0. The van der Waals surface area contributed by atoms with Crippen molar-refractivity contribution in [2.45, 2.75) is 39.5 Å². The van der Waals surface area contributed by atoms with E-state index in [1.807, 2.05) is 45.0 Å². The zero-order valence-corrected chi connectivity index (χ0v) is 15.0. The molecule has 0 fully saturated rings. The van der Waals surface area contributed by atoms with Crippen molar-refractivity contribution in [3.05, 3.63) is 53.7 Å². The van der Waals surface area contributed by atoms with Crippen LogP contribution in [0.1, 0.15) is 31.9 Å². The van der Waals surface area contributed by atoms with Crippen molar-refractivity contribution < 1.29 is 19.4 Å². The Morgan fingerprint density at radius 3 is 2.40 bits per heavy atom. The molecule has 0 bridgehead atoms. The summed E-state index contributed by atoms with van der Waals surface area (Å²) in [6.45, 7) is 5.61. The van der Waals surface area contributed by atoms with Crippen molar-refractivity contribution >= 4 is 11.9 Å². The summed E-state index contributed by atoms with van der Waals surface area (Å²) in [5.74, 6) is 1.17. The monoisotopic (exact) mass is 344 g/mol. The number of pyridine rings is 1. The number of hydrogen-bond acceptors (Lipinski definition) is 5. The van der Waals surface area contributed by atoms with Gasteiger partial charge in [-0.15, -0.1) is 0 Å². The minimum Gasteiger partial charge on any atom is -0.497 e. The third-order valence-corrected chi connectivity index (χ3v) is 3.38. The lowest BCUT2D eigenvalue weighted by Gasteiger charge is -2.27. The highest BCUT2D eigenvalue weighted by Crippen LogP contribution is 2.21. The molecule has 0 saturated carbocycles.